The number of unbranched alkanes of at least 4 members (excludes halogenated alkanes) is 2. The lowest BCUT2D eigenvalue weighted by Gasteiger charge is -2.42. The van der Waals surface area contributed by atoms with E-state index in [1.807, 2.05) is 0 Å². The lowest BCUT2D eigenvalue weighted by molar-refractivity contribution is -0.0311. The summed E-state index contributed by atoms with van der Waals surface area (Å²) in [6, 6.07) is 0. The Balaban J connectivity index is 2.37. The molecule has 0 spiro atoms. The molecule has 0 N–H and O–H groups in total. The van der Waals surface area contributed by atoms with Crippen LogP contribution >= 0.6 is 0 Å². The highest BCUT2D eigenvalue weighted by Crippen LogP contribution is 2.10. The van der Waals surface area contributed by atoms with Crippen LogP contribution in [0.15, 0.2) is 0 Å². The third kappa shape index (κ3) is 7.58. The molecule has 1 saturated heterocycles. The molecule has 0 amide bonds. The first-order valence-corrected chi connectivity index (χ1v) is 8.47. The average molecular weight is 284 g/mol. The van der Waals surface area contributed by atoms with Crippen molar-refractivity contribution in [2.24, 2.45) is 0 Å². The molecular weight excluding hydrogens is 248 g/mol. The van der Waals surface area contributed by atoms with Gasteiger partial charge in [0, 0.05) is 19.6 Å². The van der Waals surface area contributed by atoms with Crippen molar-refractivity contribution >= 4 is 0 Å². The summed E-state index contributed by atoms with van der Waals surface area (Å²) in [5, 5.41) is 0. The topological polar surface area (TPSA) is 13.0 Å². The van der Waals surface area contributed by atoms with Gasteiger partial charge in [-0.25, -0.2) is 0 Å². The summed E-state index contributed by atoms with van der Waals surface area (Å²) in [7, 11) is 4.33. The molecule has 20 heavy (non-hydrogen) atoms. The first-order valence-electron chi connectivity index (χ1n) is 8.47. The molecule has 0 radical (unpaired) electrons. The fourth-order valence-electron chi connectivity index (χ4n) is 2.78. The van der Waals surface area contributed by atoms with E-state index in [2.05, 4.69) is 47.5 Å². The molecule has 0 atom stereocenters. The average Bonchev–Trinajstić information content (AvgIpc) is 2.42. The predicted octanol–water partition coefficient (Wildman–Crippen LogP) is 2.33. The SMILES string of the molecule is CCCCN1CN(CCCC)CN(CCCN(C)C)C1. The minimum absolute atomic E-state index is 1.16. The van der Waals surface area contributed by atoms with Crippen LogP contribution in [0, 0.1) is 0 Å². The fourth-order valence-corrected chi connectivity index (χ4v) is 2.78. The molecule has 120 valence electrons. The Morgan fingerprint density at radius 3 is 1.45 bits per heavy atom. The van der Waals surface area contributed by atoms with Gasteiger partial charge in [0.05, 0.1) is 20.0 Å². The van der Waals surface area contributed by atoms with Gasteiger partial charge >= 0.3 is 0 Å². The Labute approximate surface area is 126 Å². The molecular formula is C16H36N4. The van der Waals surface area contributed by atoms with Gasteiger partial charge in [-0.3, -0.25) is 14.7 Å². The monoisotopic (exact) mass is 284 g/mol. The minimum Gasteiger partial charge on any atom is -0.309 e. The number of hydrogen-bond acceptors (Lipinski definition) is 4. The molecule has 4 heteroatoms. The zero-order chi connectivity index (χ0) is 14.8. The molecule has 0 aromatic heterocycles. The molecule has 1 aliphatic rings. The molecule has 1 fully saturated rings. The van der Waals surface area contributed by atoms with Crippen LogP contribution in [0.4, 0.5) is 0 Å². The van der Waals surface area contributed by atoms with E-state index in [0.717, 1.165) is 13.3 Å². The zero-order valence-corrected chi connectivity index (χ0v) is 14.3. The number of hydrogen-bond donors (Lipinski definition) is 0. The summed E-state index contributed by atoms with van der Waals surface area (Å²) >= 11 is 0. The molecule has 1 heterocycles. The smallest absolute Gasteiger partial charge is 0.0530 e. The number of nitrogens with zero attached hydrogens (tertiary/aromatic N) is 4. The van der Waals surface area contributed by atoms with Gasteiger partial charge in [-0.05, 0) is 39.9 Å². The fraction of sp³-hybridized carbons (Fsp3) is 1.00. The van der Waals surface area contributed by atoms with Gasteiger partial charge < -0.3 is 4.90 Å². The summed E-state index contributed by atoms with van der Waals surface area (Å²) in [5.41, 5.74) is 0. The summed E-state index contributed by atoms with van der Waals surface area (Å²) in [4.78, 5) is 10.2. The number of rotatable bonds is 10. The maximum Gasteiger partial charge on any atom is 0.0530 e. The van der Waals surface area contributed by atoms with Crippen molar-refractivity contribution in [2.75, 3.05) is 60.3 Å². The second-order valence-electron chi connectivity index (χ2n) is 6.47. The quantitative estimate of drug-likeness (QED) is 0.610. The summed E-state index contributed by atoms with van der Waals surface area (Å²) in [6.07, 6.45) is 6.52. The predicted molar refractivity (Wildman–Crippen MR) is 87.7 cm³/mol. The van der Waals surface area contributed by atoms with Crippen LogP contribution in [0.3, 0.4) is 0 Å². The van der Waals surface area contributed by atoms with E-state index in [1.165, 1.54) is 65.0 Å². The van der Waals surface area contributed by atoms with Crippen LogP contribution in [-0.4, -0.2) is 79.9 Å². The van der Waals surface area contributed by atoms with Crippen LogP contribution in [0.5, 0.6) is 0 Å². The van der Waals surface area contributed by atoms with Crippen molar-refractivity contribution in [1.82, 2.24) is 19.6 Å². The van der Waals surface area contributed by atoms with Crippen LogP contribution < -0.4 is 0 Å². The lowest BCUT2D eigenvalue weighted by Crippen LogP contribution is -2.55. The van der Waals surface area contributed by atoms with Gasteiger partial charge in [-0.15, -0.1) is 0 Å². The zero-order valence-electron chi connectivity index (χ0n) is 14.3. The van der Waals surface area contributed by atoms with E-state index in [9.17, 15) is 0 Å². The van der Waals surface area contributed by atoms with Crippen LogP contribution in [0.2, 0.25) is 0 Å². The van der Waals surface area contributed by atoms with Gasteiger partial charge in [-0.2, -0.15) is 0 Å². The maximum atomic E-state index is 2.62. The molecule has 0 unspecified atom stereocenters. The van der Waals surface area contributed by atoms with Crippen molar-refractivity contribution in [3.8, 4) is 0 Å². The summed E-state index contributed by atoms with van der Waals surface area (Å²) < 4.78 is 0. The van der Waals surface area contributed by atoms with E-state index in [4.69, 9.17) is 0 Å². The van der Waals surface area contributed by atoms with Crippen molar-refractivity contribution in [2.45, 2.75) is 46.0 Å². The molecule has 4 nitrogen and oxygen atoms in total. The third-order valence-corrected chi connectivity index (χ3v) is 3.94. The van der Waals surface area contributed by atoms with Crippen LogP contribution in [0.1, 0.15) is 46.0 Å². The van der Waals surface area contributed by atoms with Crippen LogP contribution in [-0.2, 0) is 0 Å². The van der Waals surface area contributed by atoms with E-state index in [1.54, 1.807) is 0 Å². The molecule has 0 aromatic carbocycles. The Hall–Kier alpha value is -0.160. The third-order valence-electron chi connectivity index (χ3n) is 3.94. The molecule has 0 aliphatic carbocycles. The second-order valence-corrected chi connectivity index (χ2v) is 6.47. The Morgan fingerprint density at radius 2 is 1.10 bits per heavy atom. The van der Waals surface area contributed by atoms with Crippen molar-refractivity contribution in [3.63, 3.8) is 0 Å². The molecule has 1 rings (SSSR count). The maximum absolute atomic E-state index is 2.62. The molecule has 0 saturated carbocycles. The van der Waals surface area contributed by atoms with Gasteiger partial charge in [0.1, 0.15) is 0 Å². The van der Waals surface area contributed by atoms with Gasteiger partial charge in [0.2, 0.25) is 0 Å². The van der Waals surface area contributed by atoms with E-state index in [0.29, 0.717) is 0 Å². The van der Waals surface area contributed by atoms with Crippen molar-refractivity contribution in [3.05, 3.63) is 0 Å². The second kappa shape index (κ2) is 10.6. The highest BCUT2D eigenvalue weighted by atomic mass is 15.5. The Kier molecular flexibility index (Phi) is 9.44. The highest BCUT2D eigenvalue weighted by Gasteiger charge is 2.22. The van der Waals surface area contributed by atoms with E-state index < -0.39 is 0 Å². The first kappa shape index (κ1) is 17.9. The van der Waals surface area contributed by atoms with Gasteiger partial charge in [-0.1, -0.05) is 26.7 Å². The molecule has 0 aromatic rings. The normalized spacial score (nSPS) is 19.1. The highest BCUT2D eigenvalue weighted by molar-refractivity contribution is 4.70. The largest absolute Gasteiger partial charge is 0.309 e. The molecule has 0 bridgehead atoms. The standard InChI is InChI=1S/C16H36N4/c1-5-7-11-18-14-19(12-8-6-2)16-20(15-18)13-9-10-17(3)4/h5-16H2,1-4H3. The van der Waals surface area contributed by atoms with Gasteiger partial charge in [0.25, 0.3) is 0 Å². The van der Waals surface area contributed by atoms with Gasteiger partial charge in [0.15, 0.2) is 0 Å². The Morgan fingerprint density at radius 1 is 0.700 bits per heavy atom. The summed E-state index contributed by atoms with van der Waals surface area (Å²) in [6.45, 7) is 13.0. The van der Waals surface area contributed by atoms with Crippen LogP contribution in [0.25, 0.3) is 0 Å². The van der Waals surface area contributed by atoms with E-state index in [-0.39, 0.29) is 0 Å². The minimum atomic E-state index is 1.16. The Bertz CT molecular complexity index is 217. The molecule has 1 aliphatic heterocycles. The van der Waals surface area contributed by atoms with Crippen molar-refractivity contribution in [1.29, 1.82) is 0 Å². The van der Waals surface area contributed by atoms with Crippen molar-refractivity contribution < 1.29 is 0 Å². The van der Waals surface area contributed by atoms with E-state index >= 15 is 0 Å². The first-order chi connectivity index (χ1) is 9.65. The summed E-state index contributed by atoms with van der Waals surface area (Å²) in [5.74, 6) is 0. The lowest BCUT2D eigenvalue weighted by atomic mass is 10.3.